The number of methoxy groups -OCH3 is 1. The number of anilines is 1. The average Bonchev–Trinajstić information content (AvgIpc) is 2.55. The molecule has 1 aromatic carbocycles. The van der Waals surface area contributed by atoms with Gasteiger partial charge in [-0.3, -0.25) is 14.9 Å². The van der Waals surface area contributed by atoms with Crippen molar-refractivity contribution >= 4 is 29.2 Å². The first-order valence-electron chi connectivity index (χ1n) is 6.78. The molecule has 2 rings (SSSR count). The van der Waals surface area contributed by atoms with Crippen LogP contribution in [0.3, 0.4) is 0 Å². The molecule has 0 atom stereocenters. The largest absolute Gasteiger partial charge is 0.457 e. The monoisotopic (exact) mass is 349 g/mol. The molecule has 8 nitrogen and oxygen atoms in total. The van der Waals surface area contributed by atoms with Crippen LogP contribution in [0.1, 0.15) is 0 Å². The maximum Gasteiger partial charge on any atom is 0.283 e. The van der Waals surface area contributed by atoms with Gasteiger partial charge in [-0.25, -0.2) is 4.98 Å². The molecule has 0 aliphatic carbocycles. The van der Waals surface area contributed by atoms with Crippen LogP contribution in [0.15, 0.2) is 41.4 Å². The first kappa shape index (κ1) is 17.7. The molecule has 0 radical (unpaired) electrons. The van der Waals surface area contributed by atoms with Gasteiger partial charge in [0.05, 0.1) is 9.82 Å². The van der Waals surface area contributed by atoms with Crippen LogP contribution in [-0.2, 0) is 9.53 Å². The third-order valence-corrected chi connectivity index (χ3v) is 3.62. The number of thioether (sulfide) groups is 1. The number of hydrogen-bond acceptors (Lipinski definition) is 7. The second-order valence-electron chi connectivity index (χ2n) is 4.55. The number of hydrogen-bond donors (Lipinski definition) is 1. The van der Waals surface area contributed by atoms with Gasteiger partial charge in [-0.05, 0) is 18.4 Å². The maximum absolute atomic E-state index is 11.5. The number of carbonyl (C=O) groups is 1. The molecule has 0 aliphatic heterocycles. The Hall–Kier alpha value is -2.65. The quantitative estimate of drug-likeness (QED) is 0.465. The molecule has 1 aromatic heterocycles. The topological polar surface area (TPSA) is 104 Å². The van der Waals surface area contributed by atoms with Crippen molar-refractivity contribution in [2.75, 3.05) is 25.3 Å². The van der Waals surface area contributed by atoms with E-state index in [9.17, 15) is 14.9 Å². The van der Waals surface area contributed by atoms with Gasteiger partial charge in [0.15, 0.2) is 0 Å². The second-order valence-corrected chi connectivity index (χ2v) is 5.40. The van der Waals surface area contributed by atoms with Gasteiger partial charge in [-0.15, -0.1) is 11.8 Å². The lowest BCUT2D eigenvalue weighted by Gasteiger charge is -2.09. The number of benzene rings is 1. The molecule has 0 bridgehead atoms. The van der Waals surface area contributed by atoms with Gasteiger partial charge in [-0.2, -0.15) is 0 Å². The number of nitro groups is 1. The summed E-state index contributed by atoms with van der Waals surface area (Å²) in [7, 11) is 1.42. The molecule has 0 saturated heterocycles. The molecule has 1 heterocycles. The van der Waals surface area contributed by atoms with Crippen LogP contribution >= 0.6 is 11.8 Å². The molecule has 0 spiro atoms. The highest BCUT2D eigenvalue weighted by molar-refractivity contribution is 7.98. The van der Waals surface area contributed by atoms with Crippen LogP contribution in [0.5, 0.6) is 11.5 Å². The fourth-order valence-corrected chi connectivity index (χ4v) is 2.45. The highest BCUT2D eigenvalue weighted by Gasteiger charge is 2.14. The number of nitro benzene ring substituents is 1. The Labute approximate surface area is 142 Å². The fraction of sp³-hybridized carbons (Fsp3) is 0.200. The molecule has 0 unspecified atom stereocenters. The lowest BCUT2D eigenvalue weighted by atomic mass is 10.3. The van der Waals surface area contributed by atoms with Crippen molar-refractivity contribution in [3.8, 4) is 11.5 Å². The summed E-state index contributed by atoms with van der Waals surface area (Å²) >= 11 is 1.26. The molecule has 0 fully saturated rings. The van der Waals surface area contributed by atoms with Crippen molar-refractivity contribution in [1.82, 2.24) is 4.98 Å². The summed E-state index contributed by atoms with van der Waals surface area (Å²) in [6, 6.07) is 7.66. The summed E-state index contributed by atoms with van der Waals surface area (Å²) in [5, 5.41) is 13.5. The standard InChI is InChI=1S/C15H15N3O5S/c1-22-9-15(19)17-14-8-11(5-6-16-14)23-10-3-4-12(18(20)21)13(7-10)24-2/h3-8H,9H2,1-2H3,(H,16,17,19). The van der Waals surface area contributed by atoms with E-state index in [-0.39, 0.29) is 18.2 Å². The second kappa shape index (κ2) is 8.27. The fourth-order valence-electron chi connectivity index (χ4n) is 1.86. The minimum absolute atomic E-state index is 0.0251. The highest BCUT2D eigenvalue weighted by atomic mass is 32.2. The number of nitrogens with zero attached hydrogens (tertiary/aromatic N) is 2. The zero-order chi connectivity index (χ0) is 17.5. The number of aromatic nitrogens is 1. The van der Waals surface area contributed by atoms with E-state index >= 15 is 0 Å². The molecule has 0 saturated carbocycles. The lowest BCUT2D eigenvalue weighted by Crippen LogP contribution is -2.17. The average molecular weight is 349 g/mol. The first-order chi connectivity index (χ1) is 11.5. The van der Waals surface area contributed by atoms with Crippen LogP contribution in [0, 0.1) is 10.1 Å². The highest BCUT2D eigenvalue weighted by Crippen LogP contribution is 2.33. The molecule has 1 N–H and O–H groups in total. The lowest BCUT2D eigenvalue weighted by molar-refractivity contribution is -0.387. The number of amides is 1. The first-order valence-corrected chi connectivity index (χ1v) is 8.01. The Kier molecular flexibility index (Phi) is 6.10. The van der Waals surface area contributed by atoms with Gasteiger partial charge in [0.2, 0.25) is 0 Å². The summed E-state index contributed by atoms with van der Waals surface area (Å²) in [6.45, 7) is -0.0772. The summed E-state index contributed by atoms with van der Waals surface area (Å²) < 4.78 is 10.4. The van der Waals surface area contributed by atoms with Gasteiger partial charge in [0.1, 0.15) is 23.9 Å². The van der Waals surface area contributed by atoms with Gasteiger partial charge in [-0.1, -0.05) is 0 Å². The van der Waals surface area contributed by atoms with Crippen molar-refractivity contribution in [2.24, 2.45) is 0 Å². The number of pyridine rings is 1. The number of carbonyl (C=O) groups excluding carboxylic acids is 1. The van der Waals surface area contributed by atoms with E-state index in [1.165, 1.54) is 37.2 Å². The van der Waals surface area contributed by atoms with Crippen molar-refractivity contribution in [3.63, 3.8) is 0 Å². The zero-order valence-corrected chi connectivity index (χ0v) is 13.8. The van der Waals surface area contributed by atoms with Crippen molar-refractivity contribution in [1.29, 1.82) is 0 Å². The smallest absolute Gasteiger partial charge is 0.283 e. The Morgan fingerprint density at radius 3 is 2.75 bits per heavy atom. The van der Waals surface area contributed by atoms with Crippen molar-refractivity contribution in [2.45, 2.75) is 4.90 Å². The van der Waals surface area contributed by atoms with Crippen LogP contribution in [0.2, 0.25) is 0 Å². The SMILES string of the molecule is COCC(=O)Nc1cc(Oc2ccc([N+](=O)[O-])c(SC)c2)ccn1. The van der Waals surface area contributed by atoms with E-state index in [0.717, 1.165) is 0 Å². The van der Waals surface area contributed by atoms with Crippen LogP contribution in [0.4, 0.5) is 11.5 Å². The number of ether oxygens (including phenoxy) is 2. The van der Waals surface area contributed by atoms with E-state index in [4.69, 9.17) is 9.47 Å². The van der Waals surface area contributed by atoms with Crippen molar-refractivity contribution in [3.05, 3.63) is 46.6 Å². The number of rotatable bonds is 7. The van der Waals surface area contributed by atoms with Crippen LogP contribution in [0.25, 0.3) is 0 Å². The molecule has 0 aliphatic rings. The molecule has 1 amide bonds. The van der Waals surface area contributed by atoms with E-state index in [1.807, 2.05) is 0 Å². The zero-order valence-electron chi connectivity index (χ0n) is 13.0. The predicted molar refractivity (Wildman–Crippen MR) is 89.7 cm³/mol. The molecule has 24 heavy (non-hydrogen) atoms. The Balaban J connectivity index is 2.16. The number of nitrogens with one attached hydrogen (secondary N) is 1. The van der Waals surface area contributed by atoms with Crippen LogP contribution < -0.4 is 10.1 Å². The Bertz CT molecular complexity index is 754. The molecular formula is C15H15N3O5S. The summed E-state index contributed by atoms with van der Waals surface area (Å²) in [5.74, 6) is 0.882. The molecule has 2 aromatic rings. The van der Waals surface area contributed by atoms with Crippen molar-refractivity contribution < 1.29 is 19.2 Å². The molecular weight excluding hydrogens is 334 g/mol. The minimum Gasteiger partial charge on any atom is -0.457 e. The molecule has 126 valence electrons. The molecule has 9 heteroatoms. The predicted octanol–water partition coefficient (Wildman–Crippen LogP) is 3.09. The minimum atomic E-state index is -0.439. The summed E-state index contributed by atoms with van der Waals surface area (Å²) in [5.41, 5.74) is 0.0251. The summed E-state index contributed by atoms with van der Waals surface area (Å²) in [6.07, 6.45) is 3.24. The van der Waals surface area contributed by atoms with E-state index in [2.05, 4.69) is 10.3 Å². The Morgan fingerprint density at radius 1 is 1.33 bits per heavy atom. The third kappa shape index (κ3) is 4.67. The van der Waals surface area contributed by atoms with Gasteiger partial charge < -0.3 is 14.8 Å². The normalized spacial score (nSPS) is 10.2. The van der Waals surface area contributed by atoms with Gasteiger partial charge in [0.25, 0.3) is 11.6 Å². The van der Waals surface area contributed by atoms with Gasteiger partial charge in [0, 0.05) is 31.5 Å². The van der Waals surface area contributed by atoms with E-state index in [0.29, 0.717) is 22.2 Å². The Morgan fingerprint density at radius 2 is 2.08 bits per heavy atom. The van der Waals surface area contributed by atoms with Crippen LogP contribution in [-0.4, -0.2) is 35.8 Å². The van der Waals surface area contributed by atoms with Gasteiger partial charge >= 0.3 is 0 Å². The van der Waals surface area contributed by atoms with E-state index < -0.39 is 4.92 Å². The maximum atomic E-state index is 11.5. The third-order valence-electron chi connectivity index (χ3n) is 2.86. The summed E-state index contributed by atoms with van der Waals surface area (Å²) in [4.78, 5) is 26.5. The van der Waals surface area contributed by atoms with E-state index in [1.54, 1.807) is 24.5 Å².